The van der Waals surface area contributed by atoms with Crippen LogP contribution in [0.5, 0.6) is 0 Å². The van der Waals surface area contributed by atoms with E-state index < -0.39 is 5.25 Å². The predicted molar refractivity (Wildman–Crippen MR) is 120 cm³/mol. The minimum atomic E-state index is -0.606. The minimum Gasteiger partial charge on any atom is -0.325 e. The molecule has 2 N–H and O–H groups in total. The van der Waals surface area contributed by atoms with Crippen molar-refractivity contribution in [3.05, 3.63) is 63.1 Å². The van der Waals surface area contributed by atoms with E-state index >= 15 is 0 Å². The molecular formula is C19H15Cl3N4O2S. The molecule has 1 fully saturated rings. The Balaban J connectivity index is 1.60. The maximum atomic E-state index is 12.3. The quantitative estimate of drug-likeness (QED) is 0.478. The summed E-state index contributed by atoms with van der Waals surface area (Å²) in [6, 6.07) is 11.9. The van der Waals surface area contributed by atoms with Gasteiger partial charge in [0.1, 0.15) is 5.25 Å². The number of benzene rings is 2. The van der Waals surface area contributed by atoms with Crippen LogP contribution in [0.2, 0.25) is 15.1 Å². The van der Waals surface area contributed by atoms with Crippen LogP contribution in [0.3, 0.4) is 0 Å². The predicted octanol–water partition coefficient (Wildman–Crippen LogP) is 4.99. The highest BCUT2D eigenvalue weighted by Gasteiger charge is 2.32. The number of hydrogen-bond donors (Lipinski definition) is 2. The molecule has 1 aliphatic rings. The highest BCUT2D eigenvalue weighted by atomic mass is 35.5. The Morgan fingerprint density at radius 1 is 1.14 bits per heavy atom. The van der Waals surface area contributed by atoms with Crippen LogP contribution in [-0.2, 0) is 9.59 Å². The molecule has 0 spiro atoms. The molecule has 2 amide bonds. The molecule has 3 rings (SSSR count). The smallest absolute Gasteiger partial charge is 0.240 e. The van der Waals surface area contributed by atoms with Gasteiger partial charge in [-0.05, 0) is 42.8 Å². The Morgan fingerprint density at radius 2 is 1.83 bits per heavy atom. The molecule has 1 unspecified atom stereocenters. The highest BCUT2D eigenvalue weighted by Crippen LogP contribution is 2.27. The van der Waals surface area contributed by atoms with Gasteiger partial charge in [0.15, 0.2) is 5.17 Å². The average molecular weight is 470 g/mol. The minimum absolute atomic E-state index is 0.0334. The van der Waals surface area contributed by atoms with Crippen LogP contribution in [0.15, 0.2) is 52.7 Å². The third-order valence-corrected chi connectivity index (χ3v) is 5.78. The number of carbonyl (C=O) groups excluding carboxylic acids is 2. The van der Waals surface area contributed by atoms with Crippen molar-refractivity contribution in [1.82, 2.24) is 5.32 Å². The first-order valence-corrected chi connectivity index (χ1v) is 10.4. The van der Waals surface area contributed by atoms with Gasteiger partial charge in [0.05, 0.1) is 16.4 Å². The molecule has 1 heterocycles. The number of hydrogen-bond acceptors (Lipinski definition) is 5. The maximum absolute atomic E-state index is 12.3. The molecule has 0 aromatic heterocycles. The molecule has 2 aromatic carbocycles. The summed E-state index contributed by atoms with van der Waals surface area (Å²) in [7, 11) is 0. The summed E-state index contributed by atoms with van der Waals surface area (Å²) in [5, 5.41) is 14.7. The van der Waals surface area contributed by atoms with Crippen LogP contribution in [0, 0.1) is 0 Å². The van der Waals surface area contributed by atoms with Gasteiger partial charge >= 0.3 is 0 Å². The number of nitrogens with one attached hydrogen (secondary N) is 2. The van der Waals surface area contributed by atoms with Crippen molar-refractivity contribution in [1.29, 1.82) is 0 Å². The van der Waals surface area contributed by atoms with E-state index in [9.17, 15) is 9.59 Å². The summed E-state index contributed by atoms with van der Waals surface area (Å²) in [5.74, 6) is -0.644. The van der Waals surface area contributed by atoms with Gasteiger partial charge in [0.2, 0.25) is 11.8 Å². The Labute approximate surface area is 186 Å². The summed E-state index contributed by atoms with van der Waals surface area (Å²) in [5.41, 5.74) is 1.97. The summed E-state index contributed by atoms with van der Waals surface area (Å²) in [6.45, 7) is 1.80. The Kier molecular flexibility index (Phi) is 7.18. The third-order valence-electron chi connectivity index (χ3n) is 3.91. The zero-order valence-corrected chi connectivity index (χ0v) is 18.2. The standard InChI is InChI=1S/C19H15Cl3N4O2S/c1-10(11-2-4-12(20)5-3-11)25-26-19-24-18(28)16(29-19)9-17(27)23-15-7-6-13(21)8-14(15)22/h2-8,16H,9H2,1H3,(H,23,27)(H,24,26,28). The molecule has 0 radical (unpaired) electrons. The first-order chi connectivity index (χ1) is 13.8. The van der Waals surface area contributed by atoms with Crippen LogP contribution in [0.4, 0.5) is 5.69 Å². The van der Waals surface area contributed by atoms with Gasteiger partial charge in [0.25, 0.3) is 0 Å². The van der Waals surface area contributed by atoms with Crippen LogP contribution < -0.4 is 10.6 Å². The lowest BCUT2D eigenvalue weighted by atomic mass is 10.1. The van der Waals surface area contributed by atoms with Crippen molar-refractivity contribution >= 4 is 74.9 Å². The van der Waals surface area contributed by atoms with E-state index in [4.69, 9.17) is 34.8 Å². The number of carbonyl (C=O) groups is 2. The van der Waals surface area contributed by atoms with E-state index in [-0.39, 0.29) is 18.2 Å². The van der Waals surface area contributed by atoms with Crippen molar-refractivity contribution in [3.8, 4) is 0 Å². The van der Waals surface area contributed by atoms with Crippen molar-refractivity contribution in [3.63, 3.8) is 0 Å². The normalized spacial score (nSPS) is 18.1. The number of anilines is 1. The second kappa shape index (κ2) is 9.63. The molecule has 6 nitrogen and oxygen atoms in total. The molecule has 10 heteroatoms. The SMILES string of the molecule is CC(=NN=C1NC(=O)C(CC(=O)Nc2ccc(Cl)cc2Cl)S1)c1ccc(Cl)cc1. The fraction of sp³-hybridized carbons (Fsp3) is 0.158. The lowest BCUT2D eigenvalue weighted by Crippen LogP contribution is -2.28. The number of halogens is 3. The number of nitrogens with zero attached hydrogens (tertiary/aromatic N) is 2. The third kappa shape index (κ3) is 5.96. The first-order valence-electron chi connectivity index (χ1n) is 8.42. The topological polar surface area (TPSA) is 82.9 Å². The molecule has 0 aliphatic carbocycles. The van der Waals surface area contributed by atoms with Crippen LogP contribution in [-0.4, -0.2) is 27.9 Å². The monoisotopic (exact) mass is 468 g/mol. The van der Waals surface area contributed by atoms with E-state index in [0.29, 0.717) is 31.6 Å². The van der Waals surface area contributed by atoms with E-state index in [1.165, 1.54) is 6.07 Å². The van der Waals surface area contributed by atoms with Crippen LogP contribution in [0.1, 0.15) is 18.9 Å². The van der Waals surface area contributed by atoms with Gasteiger partial charge < -0.3 is 10.6 Å². The van der Waals surface area contributed by atoms with Crippen molar-refractivity contribution < 1.29 is 9.59 Å². The second-order valence-electron chi connectivity index (χ2n) is 6.07. The van der Waals surface area contributed by atoms with Crippen molar-refractivity contribution in [2.45, 2.75) is 18.6 Å². The molecule has 2 aromatic rings. The van der Waals surface area contributed by atoms with Gasteiger partial charge in [-0.3, -0.25) is 9.59 Å². The van der Waals surface area contributed by atoms with Crippen molar-refractivity contribution in [2.75, 3.05) is 5.32 Å². The molecular weight excluding hydrogens is 455 g/mol. The van der Waals surface area contributed by atoms with Gasteiger partial charge in [-0.25, -0.2) is 0 Å². The zero-order valence-electron chi connectivity index (χ0n) is 15.1. The number of thioether (sulfide) groups is 1. The highest BCUT2D eigenvalue weighted by molar-refractivity contribution is 8.15. The number of amidine groups is 1. The van der Waals surface area contributed by atoms with E-state index in [1.807, 2.05) is 12.1 Å². The fourth-order valence-corrected chi connectivity index (χ4v) is 3.92. The summed E-state index contributed by atoms with van der Waals surface area (Å²) < 4.78 is 0. The van der Waals surface area contributed by atoms with E-state index in [2.05, 4.69) is 20.8 Å². The maximum Gasteiger partial charge on any atom is 0.240 e. The van der Waals surface area contributed by atoms with E-state index in [0.717, 1.165) is 17.3 Å². The Hall–Kier alpha value is -2.06. The molecule has 0 saturated carbocycles. The molecule has 150 valence electrons. The Morgan fingerprint density at radius 3 is 2.52 bits per heavy atom. The summed E-state index contributed by atoms with van der Waals surface area (Å²) in [4.78, 5) is 24.4. The molecule has 1 atom stereocenters. The number of amides is 2. The van der Waals surface area contributed by atoms with Crippen LogP contribution >= 0.6 is 46.6 Å². The first kappa shape index (κ1) is 21.6. The average Bonchev–Trinajstić information content (AvgIpc) is 3.02. The number of rotatable bonds is 5. The van der Waals surface area contributed by atoms with Gasteiger partial charge in [0, 0.05) is 16.5 Å². The largest absolute Gasteiger partial charge is 0.325 e. The van der Waals surface area contributed by atoms with Crippen molar-refractivity contribution in [2.24, 2.45) is 10.2 Å². The molecule has 1 saturated heterocycles. The van der Waals surface area contributed by atoms with Crippen LogP contribution in [0.25, 0.3) is 0 Å². The Bertz CT molecular complexity index is 1010. The van der Waals surface area contributed by atoms with Gasteiger partial charge in [-0.1, -0.05) is 58.7 Å². The van der Waals surface area contributed by atoms with Gasteiger partial charge in [-0.2, -0.15) is 5.10 Å². The second-order valence-corrected chi connectivity index (χ2v) is 8.54. The zero-order chi connectivity index (χ0) is 21.0. The van der Waals surface area contributed by atoms with Gasteiger partial charge in [-0.15, -0.1) is 5.10 Å². The summed E-state index contributed by atoms with van der Waals surface area (Å²) >= 11 is 18.9. The molecule has 29 heavy (non-hydrogen) atoms. The fourth-order valence-electron chi connectivity index (χ4n) is 2.42. The lowest BCUT2D eigenvalue weighted by molar-refractivity contribution is -0.122. The van der Waals surface area contributed by atoms with E-state index in [1.54, 1.807) is 31.2 Å². The molecule has 0 bridgehead atoms. The molecule has 1 aliphatic heterocycles. The summed E-state index contributed by atoms with van der Waals surface area (Å²) in [6.07, 6.45) is -0.0334. The lowest BCUT2D eigenvalue weighted by Gasteiger charge is -2.09.